The molecule has 1 N–H and O–H groups in total. The molecule has 1 aliphatic heterocycles. The number of carbonyl (C=O) groups excluding carboxylic acids is 1. The fourth-order valence-corrected chi connectivity index (χ4v) is 3.05. The van der Waals surface area contributed by atoms with Gasteiger partial charge in [-0.3, -0.25) is 4.79 Å². The second-order valence-electron chi connectivity index (χ2n) is 5.81. The average molecular weight is 294 g/mol. The van der Waals surface area contributed by atoms with E-state index in [1.54, 1.807) is 7.11 Å². The van der Waals surface area contributed by atoms with Gasteiger partial charge in [-0.1, -0.05) is 24.3 Å². The van der Waals surface area contributed by atoms with Crippen LogP contribution in [-0.2, 0) is 0 Å². The lowest BCUT2D eigenvalue weighted by molar-refractivity contribution is 0.0666. The van der Waals surface area contributed by atoms with Crippen LogP contribution in [0.4, 0.5) is 5.69 Å². The van der Waals surface area contributed by atoms with Gasteiger partial charge in [0.15, 0.2) is 0 Å². The molecule has 0 bridgehead atoms. The molecule has 1 heterocycles. The van der Waals surface area contributed by atoms with Gasteiger partial charge in [0.1, 0.15) is 11.9 Å². The molecule has 0 saturated heterocycles. The van der Waals surface area contributed by atoms with Gasteiger partial charge in [0.25, 0.3) is 5.91 Å². The van der Waals surface area contributed by atoms with Crippen LogP contribution < -0.4 is 10.1 Å². The number of rotatable bonds is 3. The standard InChI is InChI=1S/C18H18N2O2/c1-22-14-6-4-5-12(11-14)17-19-16-8-3-2-7-15(16)18(21)20(17)13-9-10-13/h2-8,11,13,17,19H,9-10H2,1H3/t17-/m0/s1. The summed E-state index contributed by atoms with van der Waals surface area (Å²) >= 11 is 0. The maximum Gasteiger partial charge on any atom is 0.258 e. The van der Waals surface area contributed by atoms with Crippen molar-refractivity contribution in [2.24, 2.45) is 0 Å². The fourth-order valence-electron chi connectivity index (χ4n) is 3.05. The maximum atomic E-state index is 12.9. The number of amides is 1. The number of nitrogens with one attached hydrogen (secondary N) is 1. The monoisotopic (exact) mass is 294 g/mol. The van der Waals surface area contributed by atoms with Crippen molar-refractivity contribution < 1.29 is 9.53 Å². The highest BCUT2D eigenvalue weighted by molar-refractivity contribution is 6.02. The molecular weight excluding hydrogens is 276 g/mol. The summed E-state index contributed by atoms with van der Waals surface area (Å²) in [7, 11) is 1.66. The molecule has 1 aliphatic carbocycles. The van der Waals surface area contributed by atoms with Crippen molar-refractivity contribution in [3.05, 3.63) is 59.7 Å². The predicted molar refractivity (Wildman–Crippen MR) is 85.0 cm³/mol. The lowest BCUT2D eigenvalue weighted by Crippen LogP contribution is -2.44. The molecule has 0 unspecified atom stereocenters. The van der Waals surface area contributed by atoms with Crippen LogP contribution in [0.15, 0.2) is 48.5 Å². The number of para-hydroxylation sites is 1. The van der Waals surface area contributed by atoms with Gasteiger partial charge in [-0.2, -0.15) is 0 Å². The number of hydrogen-bond acceptors (Lipinski definition) is 3. The Morgan fingerprint density at radius 3 is 2.73 bits per heavy atom. The van der Waals surface area contributed by atoms with Crippen LogP contribution in [0.2, 0.25) is 0 Å². The SMILES string of the molecule is COc1cccc([C@H]2Nc3ccccc3C(=O)N2C2CC2)c1. The zero-order chi connectivity index (χ0) is 15.1. The smallest absolute Gasteiger partial charge is 0.258 e. The van der Waals surface area contributed by atoms with E-state index in [9.17, 15) is 4.79 Å². The summed E-state index contributed by atoms with van der Waals surface area (Å²) in [5, 5.41) is 3.52. The summed E-state index contributed by atoms with van der Waals surface area (Å²) < 4.78 is 5.32. The first kappa shape index (κ1) is 13.2. The molecule has 1 amide bonds. The minimum atomic E-state index is -0.134. The van der Waals surface area contributed by atoms with E-state index in [2.05, 4.69) is 5.32 Å². The van der Waals surface area contributed by atoms with Crippen molar-refractivity contribution >= 4 is 11.6 Å². The van der Waals surface area contributed by atoms with Crippen molar-refractivity contribution in [3.8, 4) is 5.75 Å². The number of anilines is 1. The molecule has 0 spiro atoms. The van der Waals surface area contributed by atoms with E-state index in [0.717, 1.165) is 35.4 Å². The van der Waals surface area contributed by atoms with E-state index >= 15 is 0 Å². The van der Waals surface area contributed by atoms with Crippen LogP contribution in [0, 0.1) is 0 Å². The number of ether oxygens (including phenoxy) is 1. The highest BCUT2D eigenvalue weighted by Crippen LogP contribution is 2.41. The number of benzene rings is 2. The Labute approximate surface area is 129 Å². The van der Waals surface area contributed by atoms with Crippen molar-refractivity contribution in [1.29, 1.82) is 0 Å². The predicted octanol–water partition coefficient (Wildman–Crippen LogP) is 3.42. The maximum absolute atomic E-state index is 12.9. The number of nitrogens with zero attached hydrogens (tertiary/aromatic N) is 1. The summed E-state index contributed by atoms with van der Waals surface area (Å²) in [4.78, 5) is 14.9. The lowest BCUT2D eigenvalue weighted by Gasteiger charge is -2.38. The van der Waals surface area contributed by atoms with Crippen LogP contribution in [0.3, 0.4) is 0 Å². The lowest BCUT2D eigenvalue weighted by atomic mass is 10.0. The number of fused-ring (bicyclic) bond motifs is 1. The third-order valence-corrected chi connectivity index (χ3v) is 4.31. The van der Waals surface area contributed by atoms with Crippen molar-refractivity contribution in [2.75, 3.05) is 12.4 Å². The quantitative estimate of drug-likeness (QED) is 0.943. The van der Waals surface area contributed by atoms with Crippen LogP contribution >= 0.6 is 0 Å². The minimum absolute atomic E-state index is 0.115. The van der Waals surface area contributed by atoms with Gasteiger partial charge in [0.2, 0.25) is 0 Å². The van der Waals surface area contributed by atoms with Gasteiger partial charge in [0.05, 0.1) is 12.7 Å². The van der Waals surface area contributed by atoms with Crippen LogP contribution in [-0.4, -0.2) is 24.0 Å². The second-order valence-corrected chi connectivity index (χ2v) is 5.81. The molecule has 4 nitrogen and oxygen atoms in total. The first-order chi connectivity index (χ1) is 10.8. The van der Waals surface area contributed by atoms with Gasteiger partial charge in [-0.05, 0) is 42.7 Å². The highest BCUT2D eigenvalue weighted by atomic mass is 16.5. The third-order valence-electron chi connectivity index (χ3n) is 4.31. The largest absolute Gasteiger partial charge is 0.497 e. The summed E-state index contributed by atoms with van der Waals surface area (Å²) in [5.41, 5.74) is 2.71. The molecule has 2 aromatic carbocycles. The molecule has 0 aromatic heterocycles. The van der Waals surface area contributed by atoms with Crippen molar-refractivity contribution in [2.45, 2.75) is 25.0 Å². The topological polar surface area (TPSA) is 41.6 Å². The Bertz CT molecular complexity index is 725. The molecule has 0 radical (unpaired) electrons. The van der Waals surface area contributed by atoms with Crippen LogP contribution in [0.1, 0.15) is 34.9 Å². The molecule has 4 rings (SSSR count). The Balaban J connectivity index is 1.78. The molecule has 1 saturated carbocycles. The van der Waals surface area contributed by atoms with E-state index < -0.39 is 0 Å². The van der Waals surface area contributed by atoms with E-state index in [0.29, 0.717) is 6.04 Å². The fraction of sp³-hybridized carbons (Fsp3) is 0.278. The van der Waals surface area contributed by atoms with E-state index in [1.807, 2.05) is 53.4 Å². The molecule has 112 valence electrons. The molecule has 1 fully saturated rings. The average Bonchev–Trinajstić information content (AvgIpc) is 3.39. The number of carbonyl (C=O) groups is 1. The minimum Gasteiger partial charge on any atom is -0.497 e. The molecule has 2 aromatic rings. The summed E-state index contributed by atoms with van der Waals surface area (Å²) in [5.74, 6) is 0.922. The Hall–Kier alpha value is -2.49. The first-order valence-electron chi connectivity index (χ1n) is 7.60. The van der Waals surface area contributed by atoms with Crippen molar-refractivity contribution in [3.63, 3.8) is 0 Å². The first-order valence-corrected chi connectivity index (χ1v) is 7.60. The molecule has 1 atom stereocenters. The summed E-state index contributed by atoms with van der Waals surface area (Å²) in [6, 6.07) is 16.0. The molecule has 22 heavy (non-hydrogen) atoms. The van der Waals surface area contributed by atoms with Gasteiger partial charge in [-0.15, -0.1) is 0 Å². The Kier molecular flexibility index (Phi) is 3.03. The van der Waals surface area contributed by atoms with Crippen LogP contribution in [0.5, 0.6) is 5.75 Å². The van der Waals surface area contributed by atoms with E-state index in [4.69, 9.17) is 4.74 Å². The Morgan fingerprint density at radius 1 is 1.14 bits per heavy atom. The van der Waals surface area contributed by atoms with E-state index in [1.165, 1.54) is 0 Å². The van der Waals surface area contributed by atoms with Crippen LogP contribution in [0.25, 0.3) is 0 Å². The molecular formula is C18H18N2O2. The highest BCUT2D eigenvalue weighted by Gasteiger charge is 2.41. The normalized spacial score (nSPS) is 20.3. The summed E-state index contributed by atoms with van der Waals surface area (Å²) in [6.07, 6.45) is 2.02. The van der Waals surface area contributed by atoms with Crippen molar-refractivity contribution in [1.82, 2.24) is 4.90 Å². The zero-order valence-corrected chi connectivity index (χ0v) is 12.5. The van der Waals surface area contributed by atoms with E-state index in [-0.39, 0.29) is 12.1 Å². The van der Waals surface area contributed by atoms with Gasteiger partial charge in [-0.25, -0.2) is 0 Å². The van der Waals surface area contributed by atoms with Gasteiger partial charge in [0, 0.05) is 11.7 Å². The zero-order valence-electron chi connectivity index (χ0n) is 12.5. The molecule has 4 heteroatoms. The van der Waals surface area contributed by atoms with Gasteiger partial charge < -0.3 is 15.0 Å². The third kappa shape index (κ3) is 2.11. The van der Waals surface area contributed by atoms with Gasteiger partial charge >= 0.3 is 0 Å². The molecule has 2 aliphatic rings. The summed E-state index contributed by atoms with van der Waals surface area (Å²) in [6.45, 7) is 0. The number of hydrogen-bond donors (Lipinski definition) is 1. The Morgan fingerprint density at radius 2 is 1.95 bits per heavy atom. The second kappa shape index (κ2) is 5.05. The number of methoxy groups -OCH3 is 1.